The Morgan fingerprint density at radius 1 is 1.32 bits per heavy atom. The van der Waals surface area contributed by atoms with Gasteiger partial charge in [-0.2, -0.15) is 5.10 Å². The van der Waals surface area contributed by atoms with Gasteiger partial charge in [-0.3, -0.25) is 4.79 Å². The van der Waals surface area contributed by atoms with Crippen LogP contribution in [0.25, 0.3) is 16.6 Å². The van der Waals surface area contributed by atoms with E-state index in [9.17, 15) is 9.18 Å². The van der Waals surface area contributed by atoms with Crippen LogP contribution < -0.4 is 11.1 Å². The van der Waals surface area contributed by atoms with Crippen LogP contribution in [0.4, 0.5) is 10.1 Å². The van der Waals surface area contributed by atoms with Gasteiger partial charge in [0.05, 0.1) is 29.0 Å². The molecule has 4 rings (SSSR count). The molecule has 1 amide bonds. The van der Waals surface area contributed by atoms with E-state index >= 15 is 0 Å². The standard InChI is InChI=1S/C22H25FN4O/c1-13(2)15-6-3-4-7-16(15)14-10-20-21(26-19-9-5-8-18(19)23)17(22(24)28)11-25-27(20)12-14/h3-4,6-7,10-13,18-19,26H,5,8-9H2,1-2H3,(H2,24,28)/t18-,19+/m0/s1. The lowest BCUT2D eigenvalue weighted by Gasteiger charge is -2.19. The molecule has 6 heteroatoms. The molecule has 2 atom stereocenters. The first-order valence-corrected chi connectivity index (χ1v) is 9.76. The van der Waals surface area contributed by atoms with E-state index < -0.39 is 12.1 Å². The Morgan fingerprint density at radius 3 is 2.79 bits per heavy atom. The summed E-state index contributed by atoms with van der Waals surface area (Å²) in [7, 11) is 0. The van der Waals surface area contributed by atoms with Crippen LogP contribution in [0.2, 0.25) is 0 Å². The van der Waals surface area contributed by atoms with Crippen LogP contribution in [0.5, 0.6) is 0 Å². The van der Waals surface area contributed by atoms with Gasteiger partial charge in [0.15, 0.2) is 0 Å². The highest BCUT2D eigenvalue weighted by Gasteiger charge is 2.29. The number of nitrogens with zero attached hydrogens (tertiary/aromatic N) is 2. The molecule has 2 heterocycles. The average Bonchev–Trinajstić information content (AvgIpc) is 3.28. The quantitative estimate of drug-likeness (QED) is 0.683. The van der Waals surface area contributed by atoms with Crippen molar-refractivity contribution in [1.82, 2.24) is 9.61 Å². The van der Waals surface area contributed by atoms with E-state index in [2.05, 4.69) is 36.4 Å². The Morgan fingerprint density at radius 2 is 2.11 bits per heavy atom. The first-order valence-electron chi connectivity index (χ1n) is 9.76. The van der Waals surface area contributed by atoms with E-state index in [-0.39, 0.29) is 11.6 Å². The minimum atomic E-state index is -0.926. The second-order valence-corrected chi connectivity index (χ2v) is 7.80. The Hall–Kier alpha value is -2.89. The fraction of sp³-hybridized carbons (Fsp3) is 0.364. The third kappa shape index (κ3) is 3.23. The largest absolute Gasteiger partial charge is 0.377 e. The van der Waals surface area contributed by atoms with Gasteiger partial charge in [0.25, 0.3) is 5.91 Å². The highest BCUT2D eigenvalue weighted by molar-refractivity contribution is 6.02. The summed E-state index contributed by atoms with van der Waals surface area (Å²) in [5, 5.41) is 7.61. The molecule has 5 nitrogen and oxygen atoms in total. The van der Waals surface area contributed by atoms with Crippen molar-refractivity contribution in [3.63, 3.8) is 0 Å². The van der Waals surface area contributed by atoms with Crippen LogP contribution in [0.3, 0.4) is 0 Å². The van der Waals surface area contributed by atoms with Crippen molar-refractivity contribution in [2.75, 3.05) is 5.32 Å². The number of aromatic nitrogens is 2. The lowest BCUT2D eigenvalue weighted by atomic mass is 9.94. The highest BCUT2D eigenvalue weighted by atomic mass is 19.1. The van der Waals surface area contributed by atoms with E-state index in [1.165, 1.54) is 11.8 Å². The molecule has 3 N–H and O–H groups in total. The fourth-order valence-corrected chi connectivity index (χ4v) is 4.07. The molecular formula is C22H25FN4O. The Bertz CT molecular complexity index is 1030. The Labute approximate surface area is 163 Å². The molecule has 28 heavy (non-hydrogen) atoms. The number of hydrogen-bond acceptors (Lipinski definition) is 3. The number of amides is 1. The summed E-state index contributed by atoms with van der Waals surface area (Å²) in [6.07, 6.45) is 4.58. The maximum Gasteiger partial charge on any atom is 0.252 e. The van der Waals surface area contributed by atoms with Crippen LogP contribution in [-0.4, -0.2) is 27.7 Å². The third-order valence-electron chi connectivity index (χ3n) is 5.56. The van der Waals surface area contributed by atoms with Crippen molar-refractivity contribution in [2.24, 2.45) is 5.73 Å². The zero-order valence-corrected chi connectivity index (χ0v) is 16.2. The van der Waals surface area contributed by atoms with Crippen LogP contribution >= 0.6 is 0 Å². The van der Waals surface area contributed by atoms with Crippen LogP contribution in [0.15, 0.2) is 42.7 Å². The molecule has 0 saturated heterocycles. The van der Waals surface area contributed by atoms with Gasteiger partial charge in [-0.05, 0) is 42.4 Å². The molecule has 1 fully saturated rings. The molecule has 0 radical (unpaired) electrons. The number of carbonyl (C=O) groups excluding carboxylic acids is 1. The summed E-state index contributed by atoms with van der Waals surface area (Å²) in [6, 6.07) is 9.93. The monoisotopic (exact) mass is 380 g/mol. The summed E-state index contributed by atoms with van der Waals surface area (Å²) < 4.78 is 15.9. The molecule has 3 aromatic rings. The topological polar surface area (TPSA) is 72.4 Å². The number of fused-ring (bicyclic) bond motifs is 1. The molecule has 2 aromatic heterocycles. The molecule has 1 aliphatic carbocycles. The second kappa shape index (κ2) is 7.26. The zero-order chi connectivity index (χ0) is 19.8. The summed E-state index contributed by atoms with van der Waals surface area (Å²) in [4.78, 5) is 12.0. The van der Waals surface area contributed by atoms with Gasteiger partial charge in [0.2, 0.25) is 0 Å². The first-order chi connectivity index (χ1) is 13.5. The summed E-state index contributed by atoms with van der Waals surface area (Å²) >= 11 is 0. The van der Waals surface area contributed by atoms with Crippen LogP contribution in [0.1, 0.15) is 54.9 Å². The molecule has 0 aliphatic heterocycles. The van der Waals surface area contributed by atoms with Gasteiger partial charge in [-0.1, -0.05) is 38.1 Å². The van der Waals surface area contributed by atoms with Crippen molar-refractivity contribution in [1.29, 1.82) is 0 Å². The number of primary amides is 1. The second-order valence-electron chi connectivity index (χ2n) is 7.80. The van der Waals surface area contributed by atoms with Gasteiger partial charge < -0.3 is 11.1 Å². The van der Waals surface area contributed by atoms with Gasteiger partial charge >= 0.3 is 0 Å². The Kier molecular flexibility index (Phi) is 4.79. The lowest BCUT2D eigenvalue weighted by Crippen LogP contribution is -2.27. The van der Waals surface area contributed by atoms with E-state index in [1.807, 2.05) is 24.4 Å². The van der Waals surface area contributed by atoms with Gasteiger partial charge in [-0.25, -0.2) is 8.91 Å². The molecular weight excluding hydrogens is 355 g/mol. The molecule has 1 aliphatic rings. The van der Waals surface area contributed by atoms with Crippen LogP contribution in [0, 0.1) is 0 Å². The number of anilines is 1. The number of benzene rings is 1. The van der Waals surface area contributed by atoms with Crippen molar-refractivity contribution < 1.29 is 9.18 Å². The average molecular weight is 380 g/mol. The smallest absolute Gasteiger partial charge is 0.252 e. The van der Waals surface area contributed by atoms with Crippen molar-refractivity contribution in [2.45, 2.75) is 51.2 Å². The van der Waals surface area contributed by atoms with Crippen molar-refractivity contribution in [3.05, 3.63) is 53.9 Å². The number of rotatable bonds is 5. The van der Waals surface area contributed by atoms with Crippen LogP contribution in [-0.2, 0) is 0 Å². The minimum Gasteiger partial charge on any atom is -0.377 e. The zero-order valence-electron chi connectivity index (χ0n) is 16.2. The van der Waals surface area contributed by atoms with Crippen molar-refractivity contribution in [3.8, 4) is 11.1 Å². The SMILES string of the molecule is CC(C)c1ccccc1-c1cc2c(N[C@@H]3CCC[C@@H]3F)c(C(N)=O)cnn2c1. The highest BCUT2D eigenvalue weighted by Crippen LogP contribution is 2.34. The molecule has 1 saturated carbocycles. The number of halogens is 1. The van der Waals surface area contributed by atoms with E-state index in [0.717, 1.165) is 29.5 Å². The van der Waals surface area contributed by atoms with E-state index in [0.29, 0.717) is 18.0 Å². The van der Waals surface area contributed by atoms with Gasteiger partial charge in [0, 0.05) is 11.8 Å². The lowest BCUT2D eigenvalue weighted by molar-refractivity contribution is 0.100. The summed E-state index contributed by atoms with van der Waals surface area (Å²) in [5.74, 6) is -0.201. The predicted octanol–water partition coefficient (Wildman–Crippen LogP) is 4.53. The normalized spacial score (nSPS) is 19.4. The number of nitrogens with one attached hydrogen (secondary N) is 1. The third-order valence-corrected chi connectivity index (χ3v) is 5.56. The number of alkyl halides is 1. The fourth-order valence-electron chi connectivity index (χ4n) is 4.07. The number of nitrogens with two attached hydrogens (primary N) is 1. The summed E-state index contributed by atoms with van der Waals surface area (Å²) in [6.45, 7) is 4.32. The van der Waals surface area contributed by atoms with Crippen molar-refractivity contribution >= 4 is 17.1 Å². The van der Waals surface area contributed by atoms with Gasteiger partial charge in [-0.15, -0.1) is 0 Å². The molecule has 146 valence electrons. The Balaban J connectivity index is 1.85. The number of carbonyl (C=O) groups is 1. The maximum absolute atomic E-state index is 14.2. The number of hydrogen-bond donors (Lipinski definition) is 2. The molecule has 1 aromatic carbocycles. The van der Waals surface area contributed by atoms with E-state index in [1.54, 1.807) is 4.52 Å². The predicted molar refractivity (Wildman–Crippen MR) is 109 cm³/mol. The first kappa shape index (κ1) is 18.5. The molecule has 0 spiro atoms. The summed E-state index contributed by atoms with van der Waals surface area (Å²) in [5.41, 5.74) is 10.5. The van der Waals surface area contributed by atoms with Gasteiger partial charge in [0.1, 0.15) is 6.17 Å². The molecule has 0 unspecified atom stereocenters. The van der Waals surface area contributed by atoms with E-state index in [4.69, 9.17) is 5.73 Å². The maximum atomic E-state index is 14.2. The minimum absolute atomic E-state index is 0.286. The molecule has 0 bridgehead atoms.